The maximum absolute atomic E-state index is 10.1. The van der Waals surface area contributed by atoms with Crippen LogP contribution < -0.4 is 10.1 Å². The second kappa shape index (κ2) is 9.02. The van der Waals surface area contributed by atoms with Crippen molar-refractivity contribution < 1.29 is 9.84 Å². The molecule has 0 amide bonds. The summed E-state index contributed by atoms with van der Waals surface area (Å²) in [6.07, 6.45) is -0.574. The Bertz CT molecular complexity index is 820. The molecule has 3 aromatic rings. The van der Waals surface area contributed by atoms with Crippen molar-refractivity contribution in [3.63, 3.8) is 0 Å². The van der Waals surface area contributed by atoms with E-state index in [-0.39, 0.29) is 6.61 Å². The van der Waals surface area contributed by atoms with Gasteiger partial charge in [0.15, 0.2) is 4.34 Å². The van der Waals surface area contributed by atoms with Crippen molar-refractivity contribution in [3.8, 4) is 5.75 Å². The van der Waals surface area contributed by atoms with Crippen LogP contribution in [0.2, 0.25) is 0 Å². The molecular formula is C19H21N3O2S2. The zero-order valence-electron chi connectivity index (χ0n) is 14.7. The van der Waals surface area contributed by atoms with Gasteiger partial charge < -0.3 is 15.2 Å². The van der Waals surface area contributed by atoms with Crippen LogP contribution in [-0.4, -0.2) is 33.8 Å². The lowest BCUT2D eigenvalue weighted by Gasteiger charge is -2.12. The Morgan fingerprint density at radius 2 is 1.85 bits per heavy atom. The van der Waals surface area contributed by atoms with Gasteiger partial charge in [-0.1, -0.05) is 47.4 Å². The Labute approximate surface area is 161 Å². The van der Waals surface area contributed by atoms with Gasteiger partial charge in [-0.05, 0) is 49.2 Å². The van der Waals surface area contributed by atoms with E-state index in [2.05, 4.69) is 21.6 Å². The number of para-hydroxylation sites is 1. The molecule has 2 N–H and O–H groups in total. The molecule has 0 unspecified atom stereocenters. The van der Waals surface area contributed by atoms with Crippen LogP contribution >= 0.6 is 23.1 Å². The number of anilines is 2. The van der Waals surface area contributed by atoms with Crippen LogP contribution in [0.3, 0.4) is 0 Å². The lowest BCUT2D eigenvalue weighted by molar-refractivity contribution is 0.126. The summed E-state index contributed by atoms with van der Waals surface area (Å²) in [6, 6.07) is 15.9. The van der Waals surface area contributed by atoms with Gasteiger partial charge in [-0.2, -0.15) is 0 Å². The summed E-state index contributed by atoms with van der Waals surface area (Å²) in [5.41, 5.74) is 3.27. The second-order valence-electron chi connectivity index (χ2n) is 5.96. The van der Waals surface area contributed by atoms with Crippen LogP contribution in [0.1, 0.15) is 11.1 Å². The van der Waals surface area contributed by atoms with Crippen LogP contribution in [0, 0.1) is 13.8 Å². The molecule has 136 valence electrons. The highest BCUT2D eigenvalue weighted by molar-refractivity contribution is 8.01. The molecule has 26 heavy (non-hydrogen) atoms. The first-order valence-corrected chi connectivity index (χ1v) is 10.1. The van der Waals surface area contributed by atoms with E-state index in [1.807, 2.05) is 56.3 Å². The molecule has 0 aliphatic carbocycles. The number of ether oxygens (including phenoxy) is 1. The summed E-state index contributed by atoms with van der Waals surface area (Å²) in [7, 11) is 0. The zero-order chi connectivity index (χ0) is 18.4. The molecule has 1 heterocycles. The molecule has 7 heteroatoms. The third kappa shape index (κ3) is 5.72. The number of aliphatic hydroxyl groups excluding tert-OH is 1. The number of aryl methyl sites for hydroxylation is 2. The van der Waals surface area contributed by atoms with E-state index in [0.29, 0.717) is 5.75 Å². The van der Waals surface area contributed by atoms with Gasteiger partial charge in [0.05, 0.1) is 6.10 Å². The van der Waals surface area contributed by atoms with Gasteiger partial charge in [0, 0.05) is 11.4 Å². The Morgan fingerprint density at radius 3 is 2.58 bits per heavy atom. The molecule has 1 aromatic heterocycles. The number of nitrogens with one attached hydrogen (secondary N) is 1. The predicted molar refractivity (Wildman–Crippen MR) is 108 cm³/mol. The quantitative estimate of drug-likeness (QED) is 0.557. The van der Waals surface area contributed by atoms with Crippen molar-refractivity contribution in [2.75, 3.05) is 17.7 Å². The molecule has 0 aliphatic rings. The van der Waals surface area contributed by atoms with Crippen LogP contribution in [0.15, 0.2) is 52.9 Å². The predicted octanol–water partition coefficient (Wildman–Crippen LogP) is 4.43. The number of aliphatic hydroxyl groups is 1. The number of rotatable bonds is 8. The van der Waals surface area contributed by atoms with Gasteiger partial charge in [0.25, 0.3) is 0 Å². The first-order chi connectivity index (χ1) is 12.6. The van der Waals surface area contributed by atoms with E-state index in [1.165, 1.54) is 23.1 Å². The molecule has 0 saturated heterocycles. The fraction of sp³-hybridized carbons (Fsp3) is 0.263. The highest BCUT2D eigenvalue weighted by Gasteiger charge is 2.10. The van der Waals surface area contributed by atoms with Gasteiger partial charge in [-0.3, -0.25) is 0 Å². The van der Waals surface area contributed by atoms with Gasteiger partial charge in [-0.15, -0.1) is 10.2 Å². The molecule has 0 radical (unpaired) electrons. The third-order valence-corrected chi connectivity index (χ3v) is 5.59. The largest absolute Gasteiger partial charge is 0.491 e. The maximum atomic E-state index is 10.1. The maximum Gasteiger partial charge on any atom is 0.210 e. The SMILES string of the molecule is Cc1cc(C)cc(OC[C@@H](O)CSc2nnc(Nc3ccccc3)s2)c1. The monoisotopic (exact) mass is 387 g/mol. The molecule has 0 bridgehead atoms. The fourth-order valence-corrected chi connectivity index (χ4v) is 4.09. The summed E-state index contributed by atoms with van der Waals surface area (Å²) < 4.78 is 6.51. The average Bonchev–Trinajstić information content (AvgIpc) is 3.06. The first-order valence-electron chi connectivity index (χ1n) is 8.26. The van der Waals surface area contributed by atoms with Gasteiger partial charge in [-0.25, -0.2) is 0 Å². The Balaban J connectivity index is 1.45. The van der Waals surface area contributed by atoms with Crippen LogP contribution in [0.5, 0.6) is 5.75 Å². The summed E-state index contributed by atoms with van der Waals surface area (Å²) in [5.74, 6) is 1.29. The molecular weight excluding hydrogens is 366 g/mol. The van der Waals surface area contributed by atoms with Gasteiger partial charge in [0.1, 0.15) is 12.4 Å². The Morgan fingerprint density at radius 1 is 1.12 bits per heavy atom. The number of benzene rings is 2. The smallest absolute Gasteiger partial charge is 0.210 e. The minimum absolute atomic E-state index is 0.254. The normalized spacial score (nSPS) is 12.0. The molecule has 2 aromatic carbocycles. The number of hydrogen-bond donors (Lipinski definition) is 2. The number of thioether (sulfide) groups is 1. The zero-order valence-corrected chi connectivity index (χ0v) is 16.3. The first kappa shape index (κ1) is 18.7. The van der Waals surface area contributed by atoms with E-state index in [9.17, 15) is 5.11 Å². The number of nitrogens with zero attached hydrogens (tertiary/aromatic N) is 2. The molecule has 0 aliphatic heterocycles. The van der Waals surface area contributed by atoms with Crippen molar-refractivity contribution in [3.05, 3.63) is 59.7 Å². The van der Waals surface area contributed by atoms with Crippen molar-refractivity contribution in [2.45, 2.75) is 24.3 Å². The van der Waals surface area contributed by atoms with E-state index in [1.54, 1.807) is 0 Å². The van der Waals surface area contributed by atoms with Crippen molar-refractivity contribution >= 4 is 33.9 Å². The lowest BCUT2D eigenvalue weighted by Crippen LogP contribution is -2.20. The topological polar surface area (TPSA) is 67.3 Å². The van der Waals surface area contributed by atoms with E-state index >= 15 is 0 Å². The molecule has 5 nitrogen and oxygen atoms in total. The summed E-state index contributed by atoms with van der Waals surface area (Å²) in [4.78, 5) is 0. The van der Waals surface area contributed by atoms with E-state index in [4.69, 9.17) is 4.74 Å². The van der Waals surface area contributed by atoms with Crippen molar-refractivity contribution in [1.82, 2.24) is 10.2 Å². The standard InChI is InChI=1S/C19H21N3O2S2/c1-13-8-14(2)10-17(9-13)24-11-16(23)12-25-19-22-21-18(26-19)20-15-6-4-3-5-7-15/h3-10,16,23H,11-12H2,1-2H3,(H,20,21)/t16-/m1/s1. The molecule has 0 fully saturated rings. The second-order valence-corrected chi connectivity index (χ2v) is 8.21. The molecule has 0 spiro atoms. The van der Waals surface area contributed by atoms with Crippen LogP contribution in [0.4, 0.5) is 10.8 Å². The van der Waals surface area contributed by atoms with Gasteiger partial charge >= 0.3 is 0 Å². The minimum Gasteiger partial charge on any atom is -0.491 e. The minimum atomic E-state index is -0.574. The van der Waals surface area contributed by atoms with Crippen molar-refractivity contribution in [1.29, 1.82) is 0 Å². The Hall–Kier alpha value is -2.09. The highest BCUT2D eigenvalue weighted by Crippen LogP contribution is 2.28. The summed E-state index contributed by atoms with van der Waals surface area (Å²) >= 11 is 2.94. The number of aromatic nitrogens is 2. The fourth-order valence-electron chi connectivity index (χ4n) is 2.39. The lowest BCUT2D eigenvalue weighted by atomic mass is 10.1. The van der Waals surface area contributed by atoms with Crippen LogP contribution in [0.25, 0.3) is 0 Å². The van der Waals surface area contributed by atoms with Crippen LogP contribution in [-0.2, 0) is 0 Å². The van der Waals surface area contributed by atoms with E-state index < -0.39 is 6.10 Å². The number of hydrogen-bond acceptors (Lipinski definition) is 7. The van der Waals surface area contributed by atoms with E-state index in [0.717, 1.165) is 32.0 Å². The molecule has 0 saturated carbocycles. The summed E-state index contributed by atoms with van der Waals surface area (Å²) in [5, 5.41) is 22.4. The Kier molecular flexibility index (Phi) is 6.49. The average molecular weight is 388 g/mol. The van der Waals surface area contributed by atoms with Gasteiger partial charge in [0.2, 0.25) is 5.13 Å². The molecule has 3 rings (SSSR count). The molecule has 1 atom stereocenters. The van der Waals surface area contributed by atoms with Crippen molar-refractivity contribution in [2.24, 2.45) is 0 Å². The summed E-state index contributed by atoms with van der Waals surface area (Å²) in [6.45, 7) is 4.31. The highest BCUT2D eigenvalue weighted by atomic mass is 32.2. The third-order valence-electron chi connectivity index (χ3n) is 3.47.